The predicted octanol–water partition coefficient (Wildman–Crippen LogP) is 4.95. The zero-order valence-corrected chi connectivity index (χ0v) is 14.5. The number of rotatable bonds is 4. The lowest BCUT2D eigenvalue weighted by Gasteiger charge is -2.07. The highest BCUT2D eigenvalue weighted by Crippen LogP contribution is 2.27. The van der Waals surface area contributed by atoms with Crippen molar-refractivity contribution >= 4 is 12.6 Å². The summed E-state index contributed by atoms with van der Waals surface area (Å²) in [5, 5.41) is 4.76. The van der Waals surface area contributed by atoms with Crippen molar-refractivity contribution in [2.45, 2.75) is 11.4 Å². The minimum atomic E-state index is 0.665. The van der Waals surface area contributed by atoms with Crippen molar-refractivity contribution in [2.75, 3.05) is 0 Å². The molecular formula is C21H17N3S. The van der Waals surface area contributed by atoms with E-state index in [2.05, 4.69) is 24.8 Å². The summed E-state index contributed by atoms with van der Waals surface area (Å²) in [6, 6.07) is 28.3. The molecule has 4 heteroatoms. The molecule has 0 spiro atoms. The van der Waals surface area contributed by atoms with Crippen molar-refractivity contribution in [1.82, 2.24) is 14.8 Å². The summed E-state index contributed by atoms with van der Waals surface area (Å²) in [6.45, 7) is 0.665. The molecule has 0 N–H and O–H groups in total. The maximum absolute atomic E-state index is 4.81. The molecule has 0 fully saturated rings. The first-order chi connectivity index (χ1) is 12.3. The van der Waals surface area contributed by atoms with E-state index < -0.39 is 0 Å². The molecule has 122 valence electrons. The summed E-state index contributed by atoms with van der Waals surface area (Å²) < 4.78 is 1.95. The van der Waals surface area contributed by atoms with E-state index in [-0.39, 0.29) is 0 Å². The van der Waals surface area contributed by atoms with Crippen LogP contribution in [-0.2, 0) is 6.54 Å². The number of hydrogen-bond donors (Lipinski definition) is 1. The molecule has 1 heterocycles. The zero-order valence-electron chi connectivity index (χ0n) is 13.6. The highest BCUT2D eigenvalue weighted by atomic mass is 32.1. The molecule has 0 amide bonds. The van der Waals surface area contributed by atoms with Gasteiger partial charge in [-0.2, -0.15) is 5.10 Å². The molecule has 4 aromatic rings. The van der Waals surface area contributed by atoms with E-state index in [4.69, 9.17) is 10.1 Å². The molecule has 25 heavy (non-hydrogen) atoms. The van der Waals surface area contributed by atoms with Crippen LogP contribution in [0.1, 0.15) is 5.56 Å². The molecule has 0 saturated heterocycles. The number of benzene rings is 3. The fraction of sp³-hybridized carbons (Fsp3) is 0.0476. The normalized spacial score (nSPS) is 10.8. The smallest absolute Gasteiger partial charge is 0.181 e. The summed E-state index contributed by atoms with van der Waals surface area (Å²) in [4.78, 5) is 5.70. The van der Waals surface area contributed by atoms with Crippen LogP contribution in [0, 0.1) is 0 Å². The Morgan fingerprint density at radius 1 is 0.760 bits per heavy atom. The summed E-state index contributed by atoms with van der Waals surface area (Å²) in [7, 11) is 0. The molecule has 0 atom stereocenters. The first-order valence-electron chi connectivity index (χ1n) is 8.14. The minimum Gasteiger partial charge on any atom is -0.241 e. The quantitative estimate of drug-likeness (QED) is 0.532. The van der Waals surface area contributed by atoms with Crippen molar-refractivity contribution in [1.29, 1.82) is 0 Å². The van der Waals surface area contributed by atoms with Gasteiger partial charge in [0, 0.05) is 16.0 Å². The maximum Gasteiger partial charge on any atom is 0.181 e. The fourth-order valence-electron chi connectivity index (χ4n) is 2.78. The van der Waals surface area contributed by atoms with E-state index in [1.807, 2.05) is 77.5 Å². The van der Waals surface area contributed by atoms with Crippen LogP contribution in [0.3, 0.4) is 0 Å². The third kappa shape index (κ3) is 3.35. The van der Waals surface area contributed by atoms with Gasteiger partial charge >= 0.3 is 0 Å². The average molecular weight is 343 g/mol. The summed E-state index contributed by atoms with van der Waals surface area (Å²) >= 11 is 4.60. The Kier molecular flexibility index (Phi) is 4.36. The summed E-state index contributed by atoms with van der Waals surface area (Å²) in [6.07, 6.45) is 0. The van der Waals surface area contributed by atoms with Crippen LogP contribution in [0.5, 0.6) is 0 Å². The van der Waals surface area contributed by atoms with E-state index in [1.165, 1.54) is 5.56 Å². The lowest BCUT2D eigenvalue weighted by Crippen LogP contribution is -2.04. The average Bonchev–Trinajstić information content (AvgIpc) is 3.07. The second kappa shape index (κ2) is 6.95. The van der Waals surface area contributed by atoms with Crippen molar-refractivity contribution in [3.05, 3.63) is 90.5 Å². The van der Waals surface area contributed by atoms with Crippen LogP contribution in [0.2, 0.25) is 0 Å². The molecule has 0 radical (unpaired) electrons. The second-order valence-corrected chi connectivity index (χ2v) is 6.27. The third-order valence-corrected chi connectivity index (χ3v) is 4.41. The molecule has 3 aromatic carbocycles. The SMILES string of the molecule is Sc1ccccc1-c1nc(-c2ccccc2)nn1Cc1ccccc1. The van der Waals surface area contributed by atoms with Crippen molar-refractivity contribution in [2.24, 2.45) is 0 Å². The Morgan fingerprint density at radius 2 is 1.40 bits per heavy atom. The number of hydrogen-bond acceptors (Lipinski definition) is 3. The van der Waals surface area contributed by atoms with Crippen molar-refractivity contribution < 1.29 is 0 Å². The van der Waals surface area contributed by atoms with Gasteiger partial charge in [-0.3, -0.25) is 0 Å². The largest absolute Gasteiger partial charge is 0.241 e. The van der Waals surface area contributed by atoms with Gasteiger partial charge in [0.2, 0.25) is 0 Å². The number of thiol groups is 1. The van der Waals surface area contributed by atoms with Crippen molar-refractivity contribution in [3.63, 3.8) is 0 Å². The fourth-order valence-corrected chi connectivity index (χ4v) is 3.04. The van der Waals surface area contributed by atoms with E-state index in [0.29, 0.717) is 6.54 Å². The Balaban J connectivity index is 1.83. The van der Waals surface area contributed by atoms with Gasteiger partial charge in [0.25, 0.3) is 0 Å². The molecule has 1 aromatic heterocycles. The van der Waals surface area contributed by atoms with Gasteiger partial charge in [-0.15, -0.1) is 12.6 Å². The van der Waals surface area contributed by atoms with E-state index >= 15 is 0 Å². The molecule has 0 bridgehead atoms. The zero-order chi connectivity index (χ0) is 17.1. The van der Waals surface area contributed by atoms with Gasteiger partial charge in [-0.25, -0.2) is 9.67 Å². The van der Waals surface area contributed by atoms with E-state index in [9.17, 15) is 0 Å². The second-order valence-electron chi connectivity index (χ2n) is 5.79. The van der Waals surface area contributed by atoms with Gasteiger partial charge in [-0.1, -0.05) is 78.9 Å². The lowest BCUT2D eigenvalue weighted by molar-refractivity contribution is 0.694. The molecule has 0 aliphatic heterocycles. The van der Waals surface area contributed by atoms with Gasteiger partial charge in [-0.05, 0) is 11.6 Å². The van der Waals surface area contributed by atoms with Crippen LogP contribution in [-0.4, -0.2) is 14.8 Å². The third-order valence-electron chi connectivity index (χ3n) is 4.02. The van der Waals surface area contributed by atoms with Gasteiger partial charge in [0.15, 0.2) is 11.6 Å². The van der Waals surface area contributed by atoms with Gasteiger partial charge in [0.05, 0.1) is 6.54 Å². The molecule has 0 aliphatic carbocycles. The Morgan fingerprint density at radius 3 is 2.12 bits per heavy atom. The molecular weight excluding hydrogens is 326 g/mol. The molecule has 3 nitrogen and oxygen atoms in total. The topological polar surface area (TPSA) is 30.7 Å². The molecule has 0 unspecified atom stereocenters. The highest BCUT2D eigenvalue weighted by molar-refractivity contribution is 7.80. The molecule has 0 saturated carbocycles. The Bertz CT molecular complexity index is 978. The molecule has 4 rings (SSSR count). The monoisotopic (exact) mass is 343 g/mol. The van der Waals surface area contributed by atoms with Crippen molar-refractivity contribution in [3.8, 4) is 22.8 Å². The highest BCUT2D eigenvalue weighted by Gasteiger charge is 2.15. The van der Waals surface area contributed by atoms with E-state index in [0.717, 1.165) is 27.7 Å². The summed E-state index contributed by atoms with van der Waals surface area (Å²) in [5.74, 6) is 1.55. The number of aromatic nitrogens is 3. The first-order valence-corrected chi connectivity index (χ1v) is 8.58. The van der Waals surface area contributed by atoms with Crippen LogP contribution < -0.4 is 0 Å². The van der Waals surface area contributed by atoms with Crippen LogP contribution in [0.25, 0.3) is 22.8 Å². The lowest BCUT2D eigenvalue weighted by atomic mass is 10.2. The number of nitrogens with zero attached hydrogens (tertiary/aromatic N) is 3. The van der Waals surface area contributed by atoms with Crippen LogP contribution in [0.4, 0.5) is 0 Å². The Labute approximate surface area is 152 Å². The predicted molar refractivity (Wildman–Crippen MR) is 104 cm³/mol. The standard InChI is InChI=1S/C21H17N3S/c25-19-14-8-7-13-18(19)21-22-20(17-11-5-2-6-12-17)23-24(21)15-16-9-3-1-4-10-16/h1-14,25H,15H2. The molecule has 0 aliphatic rings. The van der Waals surface area contributed by atoms with Gasteiger partial charge < -0.3 is 0 Å². The van der Waals surface area contributed by atoms with Crippen LogP contribution >= 0.6 is 12.6 Å². The van der Waals surface area contributed by atoms with Crippen LogP contribution in [0.15, 0.2) is 89.8 Å². The van der Waals surface area contributed by atoms with E-state index in [1.54, 1.807) is 0 Å². The summed E-state index contributed by atoms with van der Waals surface area (Å²) in [5.41, 5.74) is 3.17. The first kappa shape index (κ1) is 15.7. The maximum atomic E-state index is 4.81. The minimum absolute atomic E-state index is 0.665. The van der Waals surface area contributed by atoms with Gasteiger partial charge in [0.1, 0.15) is 0 Å². The Hall–Kier alpha value is -2.85.